The third-order valence-electron chi connectivity index (χ3n) is 4.10. The largest absolute Gasteiger partial charge is 0.348 e. The summed E-state index contributed by atoms with van der Waals surface area (Å²) in [5.41, 5.74) is 1.20. The molecule has 0 aliphatic rings. The van der Waals surface area contributed by atoms with Crippen LogP contribution in [0.25, 0.3) is 11.5 Å². The Kier molecular flexibility index (Phi) is 5.58. The number of hydrogen-bond donors (Lipinski definition) is 2. The van der Waals surface area contributed by atoms with Crippen molar-refractivity contribution in [3.8, 4) is 11.5 Å². The highest BCUT2D eigenvalue weighted by Crippen LogP contribution is 2.21. The molecule has 6 nitrogen and oxygen atoms in total. The molecule has 3 rings (SSSR count). The van der Waals surface area contributed by atoms with Crippen molar-refractivity contribution in [3.63, 3.8) is 0 Å². The Bertz CT molecular complexity index is 936. The molecule has 0 aromatic carbocycles. The summed E-state index contributed by atoms with van der Waals surface area (Å²) in [7, 11) is 0. The van der Waals surface area contributed by atoms with Gasteiger partial charge in [-0.3, -0.25) is 14.6 Å². The average molecular weight is 368 g/mol. The summed E-state index contributed by atoms with van der Waals surface area (Å²) < 4.78 is 0. The van der Waals surface area contributed by atoms with Gasteiger partial charge in [0, 0.05) is 22.3 Å². The van der Waals surface area contributed by atoms with Crippen LogP contribution in [-0.2, 0) is 11.2 Å². The van der Waals surface area contributed by atoms with E-state index in [2.05, 4.69) is 20.3 Å². The van der Waals surface area contributed by atoms with E-state index in [-0.39, 0.29) is 23.9 Å². The molecule has 3 aromatic rings. The third-order valence-corrected chi connectivity index (χ3v) is 5.08. The Balaban J connectivity index is 1.77. The molecule has 1 amide bonds. The monoisotopic (exact) mass is 368 g/mol. The Morgan fingerprint density at radius 2 is 2.15 bits per heavy atom. The number of aromatic nitrogens is 3. The van der Waals surface area contributed by atoms with Crippen molar-refractivity contribution in [3.05, 3.63) is 68.4 Å². The fourth-order valence-electron chi connectivity index (χ4n) is 2.71. The van der Waals surface area contributed by atoms with Gasteiger partial charge in [-0.1, -0.05) is 19.1 Å². The van der Waals surface area contributed by atoms with Crippen LogP contribution in [0.5, 0.6) is 0 Å². The molecular weight excluding hydrogens is 348 g/mol. The van der Waals surface area contributed by atoms with Gasteiger partial charge >= 0.3 is 0 Å². The van der Waals surface area contributed by atoms with E-state index >= 15 is 0 Å². The van der Waals surface area contributed by atoms with Crippen LogP contribution in [0.15, 0.2) is 46.7 Å². The molecule has 1 atom stereocenters. The first-order chi connectivity index (χ1) is 12.6. The first-order valence-corrected chi connectivity index (χ1v) is 9.30. The molecule has 3 heterocycles. The topological polar surface area (TPSA) is 87.7 Å². The number of thiophene rings is 1. The van der Waals surface area contributed by atoms with Crippen LogP contribution in [0.3, 0.4) is 0 Å². The highest BCUT2D eigenvalue weighted by atomic mass is 32.1. The van der Waals surface area contributed by atoms with Crippen molar-refractivity contribution in [1.82, 2.24) is 20.3 Å². The molecule has 134 valence electrons. The number of amides is 1. The van der Waals surface area contributed by atoms with Crippen LogP contribution in [0.1, 0.15) is 35.5 Å². The first kappa shape index (κ1) is 18.0. The minimum atomic E-state index is -0.308. The lowest BCUT2D eigenvalue weighted by molar-refractivity contribution is -0.121. The Morgan fingerprint density at radius 1 is 1.31 bits per heavy atom. The summed E-state index contributed by atoms with van der Waals surface area (Å²) in [5, 5.41) is 4.98. The normalized spacial score (nSPS) is 11.9. The van der Waals surface area contributed by atoms with E-state index in [1.165, 1.54) is 0 Å². The Labute approximate surface area is 155 Å². The molecule has 2 N–H and O–H groups in total. The van der Waals surface area contributed by atoms with E-state index in [0.717, 1.165) is 11.3 Å². The number of carbonyl (C=O) groups excluding carboxylic acids is 1. The summed E-state index contributed by atoms with van der Waals surface area (Å²) in [4.78, 5) is 37.3. The second-order valence-corrected chi connectivity index (χ2v) is 6.89. The van der Waals surface area contributed by atoms with Crippen LogP contribution in [0, 0.1) is 6.92 Å². The van der Waals surface area contributed by atoms with Gasteiger partial charge in [0.05, 0.1) is 12.5 Å². The van der Waals surface area contributed by atoms with Gasteiger partial charge in [0.1, 0.15) is 5.69 Å². The maximum Gasteiger partial charge on any atom is 0.255 e. The van der Waals surface area contributed by atoms with Gasteiger partial charge in [-0.05, 0) is 36.9 Å². The minimum Gasteiger partial charge on any atom is -0.348 e. The number of rotatable bonds is 6. The van der Waals surface area contributed by atoms with E-state index in [9.17, 15) is 9.59 Å². The zero-order chi connectivity index (χ0) is 18.5. The second kappa shape index (κ2) is 8.05. The molecule has 0 saturated carbocycles. The molecule has 0 radical (unpaired) electrons. The summed E-state index contributed by atoms with van der Waals surface area (Å²) in [6.07, 6.45) is 2.43. The van der Waals surface area contributed by atoms with Crippen molar-refractivity contribution in [2.75, 3.05) is 0 Å². The molecular formula is C19H20N4O2S. The van der Waals surface area contributed by atoms with Crippen molar-refractivity contribution in [2.45, 2.75) is 32.7 Å². The van der Waals surface area contributed by atoms with E-state index in [0.29, 0.717) is 22.8 Å². The summed E-state index contributed by atoms with van der Waals surface area (Å²) in [6.45, 7) is 3.76. The summed E-state index contributed by atoms with van der Waals surface area (Å²) in [5.74, 6) is 0.216. The predicted molar refractivity (Wildman–Crippen MR) is 102 cm³/mol. The van der Waals surface area contributed by atoms with E-state index in [4.69, 9.17) is 0 Å². The number of nitrogens with one attached hydrogen (secondary N) is 2. The molecule has 0 saturated heterocycles. The maximum absolute atomic E-state index is 12.5. The number of aromatic amines is 1. The lowest BCUT2D eigenvalue weighted by Crippen LogP contribution is -2.31. The maximum atomic E-state index is 12.5. The highest BCUT2D eigenvalue weighted by Gasteiger charge is 2.17. The zero-order valence-corrected chi connectivity index (χ0v) is 15.5. The van der Waals surface area contributed by atoms with Crippen LogP contribution < -0.4 is 10.9 Å². The van der Waals surface area contributed by atoms with Gasteiger partial charge in [-0.25, -0.2) is 4.98 Å². The average Bonchev–Trinajstić information content (AvgIpc) is 3.18. The molecule has 0 aliphatic carbocycles. The molecule has 0 unspecified atom stereocenters. The third kappa shape index (κ3) is 4.05. The van der Waals surface area contributed by atoms with Gasteiger partial charge in [-0.2, -0.15) is 0 Å². The number of H-pyrrole nitrogens is 1. The van der Waals surface area contributed by atoms with Crippen molar-refractivity contribution < 1.29 is 4.79 Å². The van der Waals surface area contributed by atoms with E-state index in [1.54, 1.807) is 36.6 Å². The van der Waals surface area contributed by atoms with E-state index < -0.39 is 0 Å². The molecule has 0 bridgehead atoms. The number of aryl methyl sites for hydroxylation is 1. The zero-order valence-electron chi connectivity index (χ0n) is 14.7. The number of nitrogens with zero attached hydrogens (tertiary/aromatic N) is 2. The smallest absolute Gasteiger partial charge is 0.255 e. The van der Waals surface area contributed by atoms with Gasteiger partial charge in [0.2, 0.25) is 5.91 Å². The molecule has 0 fully saturated rings. The molecule has 3 aromatic heterocycles. The van der Waals surface area contributed by atoms with Gasteiger partial charge in [0.25, 0.3) is 5.56 Å². The number of hydrogen-bond acceptors (Lipinski definition) is 5. The molecule has 26 heavy (non-hydrogen) atoms. The van der Waals surface area contributed by atoms with Crippen molar-refractivity contribution >= 4 is 17.2 Å². The Morgan fingerprint density at radius 3 is 2.77 bits per heavy atom. The number of pyridine rings is 1. The molecule has 0 spiro atoms. The van der Waals surface area contributed by atoms with Crippen molar-refractivity contribution in [1.29, 1.82) is 0 Å². The molecule has 0 aliphatic heterocycles. The van der Waals surface area contributed by atoms with Gasteiger partial charge in [-0.15, -0.1) is 11.3 Å². The predicted octanol–water partition coefficient (Wildman–Crippen LogP) is 3.01. The van der Waals surface area contributed by atoms with Gasteiger partial charge < -0.3 is 10.3 Å². The van der Waals surface area contributed by atoms with Crippen LogP contribution in [0.4, 0.5) is 0 Å². The highest BCUT2D eigenvalue weighted by molar-refractivity contribution is 7.10. The standard InChI is InChI=1S/C19H20N4O2S/c1-3-14(16-8-6-10-26-16)22-17(24)11-13-12(2)21-18(23-19(13)25)15-7-4-5-9-20-15/h4-10,14H,3,11H2,1-2H3,(H,22,24)(H,21,23,25)/t14-/m1/s1. The second-order valence-electron chi connectivity index (χ2n) is 5.91. The summed E-state index contributed by atoms with van der Waals surface area (Å²) in [6, 6.07) is 9.32. The quantitative estimate of drug-likeness (QED) is 0.700. The SMILES string of the molecule is CC[C@@H](NC(=O)Cc1c(C)nc(-c2ccccn2)[nH]c1=O)c1cccs1. The summed E-state index contributed by atoms with van der Waals surface area (Å²) >= 11 is 1.61. The Hall–Kier alpha value is -2.80. The molecule has 7 heteroatoms. The lowest BCUT2D eigenvalue weighted by atomic mass is 10.1. The fraction of sp³-hybridized carbons (Fsp3) is 0.263. The van der Waals surface area contributed by atoms with Crippen LogP contribution >= 0.6 is 11.3 Å². The first-order valence-electron chi connectivity index (χ1n) is 8.42. The fourth-order valence-corrected chi connectivity index (χ4v) is 3.57. The number of carbonyl (C=O) groups is 1. The van der Waals surface area contributed by atoms with Crippen LogP contribution in [-0.4, -0.2) is 20.9 Å². The van der Waals surface area contributed by atoms with E-state index in [1.807, 2.05) is 30.5 Å². The minimum absolute atomic E-state index is 0.00145. The van der Waals surface area contributed by atoms with Gasteiger partial charge in [0.15, 0.2) is 5.82 Å². The van der Waals surface area contributed by atoms with Crippen LogP contribution in [0.2, 0.25) is 0 Å². The van der Waals surface area contributed by atoms with Crippen molar-refractivity contribution in [2.24, 2.45) is 0 Å². The lowest BCUT2D eigenvalue weighted by Gasteiger charge is -2.15.